The van der Waals surface area contributed by atoms with Crippen molar-refractivity contribution in [3.8, 4) is 0 Å². The van der Waals surface area contributed by atoms with E-state index >= 15 is 0 Å². The number of nitrogens with two attached hydrogens (primary N) is 1. The van der Waals surface area contributed by atoms with Crippen molar-refractivity contribution in [1.82, 2.24) is 5.32 Å². The molecule has 1 aliphatic heterocycles. The molecule has 1 heterocycles. The largest absolute Gasteiger partial charge is 0.402 e. The fourth-order valence-corrected chi connectivity index (χ4v) is 1.37. The number of allylic oxidation sites excluding steroid dienone is 1. The van der Waals surface area contributed by atoms with Crippen LogP contribution in [0.2, 0.25) is 0 Å². The van der Waals surface area contributed by atoms with Crippen LogP contribution in [0.3, 0.4) is 0 Å². The Morgan fingerprint density at radius 2 is 2.45 bits per heavy atom. The zero-order valence-corrected chi connectivity index (χ0v) is 6.64. The summed E-state index contributed by atoms with van der Waals surface area (Å²) in [7, 11) is 0. The fraction of sp³-hybridized carbons (Fsp3) is 0.625. The van der Waals surface area contributed by atoms with Crippen LogP contribution in [0.5, 0.6) is 0 Å². The van der Waals surface area contributed by atoms with E-state index in [4.69, 9.17) is 11.1 Å². The van der Waals surface area contributed by atoms with Gasteiger partial charge in [0.15, 0.2) is 0 Å². The summed E-state index contributed by atoms with van der Waals surface area (Å²) in [5.41, 5.74) is 6.57. The molecule has 62 valence electrons. The third kappa shape index (κ3) is 2.35. The average Bonchev–Trinajstić information content (AvgIpc) is 2.07. The normalized spacial score (nSPS) is 26.5. The van der Waals surface area contributed by atoms with Gasteiger partial charge in [-0.25, -0.2) is 0 Å². The van der Waals surface area contributed by atoms with Gasteiger partial charge in [0.25, 0.3) is 0 Å². The molecule has 0 amide bonds. The summed E-state index contributed by atoms with van der Waals surface area (Å²) in [5.74, 6) is 0.449. The molecule has 1 rings (SSSR count). The first-order valence-electron chi connectivity index (χ1n) is 4.01. The highest BCUT2D eigenvalue weighted by Gasteiger charge is 2.14. The first kappa shape index (κ1) is 8.27. The minimum atomic E-state index is 0.449. The Morgan fingerprint density at radius 1 is 1.64 bits per heavy atom. The molecular weight excluding hydrogens is 138 g/mol. The zero-order chi connectivity index (χ0) is 8.10. The molecule has 0 aromatic heterocycles. The van der Waals surface area contributed by atoms with Crippen molar-refractivity contribution < 1.29 is 0 Å². The van der Waals surface area contributed by atoms with Crippen molar-refractivity contribution in [2.75, 3.05) is 13.1 Å². The van der Waals surface area contributed by atoms with E-state index in [-0.39, 0.29) is 0 Å². The van der Waals surface area contributed by atoms with Crippen LogP contribution in [-0.2, 0) is 0 Å². The molecule has 1 fully saturated rings. The van der Waals surface area contributed by atoms with Crippen LogP contribution in [-0.4, -0.2) is 19.3 Å². The molecule has 1 aliphatic rings. The maximum Gasteiger partial charge on any atom is 0.0194 e. The van der Waals surface area contributed by atoms with Crippen LogP contribution >= 0.6 is 0 Å². The zero-order valence-electron chi connectivity index (χ0n) is 6.64. The molecule has 0 spiro atoms. The average molecular weight is 153 g/mol. The molecule has 3 nitrogen and oxygen atoms in total. The summed E-state index contributed by atoms with van der Waals surface area (Å²) in [6.07, 6.45) is 5.28. The number of hydrogen-bond donors (Lipinski definition) is 3. The van der Waals surface area contributed by atoms with Crippen LogP contribution in [0.4, 0.5) is 0 Å². The van der Waals surface area contributed by atoms with Gasteiger partial charge in [-0.15, -0.1) is 0 Å². The lowest BCUT2D eigenvalue weighted by Gasteiger charge is -2.22. The number of piperidine rings is 1. The predicted molar refractivity (Wildman–Crippen MR) is 46.6 cm³/mol. The first-order valence-corrected chi connectivity index (χ1v) is 4.01. The van der Waals surface area contributed by atoms with E-state index in [9.17, 15) is 0 Å². The van der Waals surface area contributed by atoms with Gasteiger partial charge in [0.05, 0.1) is 0 Å². The lowest BCUT2D eigenvalue weighted by molar-refractivity contribution is 0.420. The van der Waals surface area contributed by atoms with Crippen LogP contribution in [0.25, 0.3) is 0 Å². The van der Waals surface area contributed by atoms with E-state index in [1.54, 1.807) is 6.08 Å². The van der Waals surface area contributed by atoms with Gasteiger partial charge in [0, 0.05) is 24.4 Å². The molecule has 0 aromatic carbocycles. The third-order valence-corrected chi connectivity index (χ3v) is 2.04. The molecule has 11 heavy (non-hydrogen) atoms. The maximum absolute atomic E-state index is 6.85. The lowest BCUT2D eigenvalue weighted by atomic mass is 9.96. The Bertz CT molecular complexity index is 157. The Balaban J connectivity index is 2.44. The SMILES string of the molecule is N=C/C=C(\N)C1CCCNC1. The minimum absolute atomic E-state index is 0.449. The Morgan fingerprint density at radius 3 is 3.00 bits per heavy atom. The van der Waals surface area contributed by atoms with E-state index in [2.05, 4.69) is 5.32 Å². The molecule has 1 atom stereocenters. The highest BCUT2D eigenvalue weighted by atomic mass is 14.9. The lowest BCUT2D eigenvalue weighted by Crippen LogP contribution is -2.32. The molecule has 0 radical (unpaired) electrons. The summed E-state index contributed by atoms with van der Waals surface area (Å²) in [6, 6.07) is 0. The highest BCUT2D eigenvalue weighted by molar-refractivity contribution is 5.68. The second kappa shape index (κ2) is 4.13. The second-order valence-corrected chi connectivity index (χ2v) is 2.88. The Kier molecular flexibility index (Phi) is 3.11. The van der Waals surface area contributed by atoms with Crippen molar-refractivity contribution in [3.05, 3.63) is 11.8 Å². The Hall–Kier alpha value is -0.830. The highest BCUT2D eigenvalue weighted by Crippen LogP contribution is 2.14. The number of nitrogens with one attached hydrogen (secondary N) is 2. The van der Waals surface area contributed by atoms with Gasteiger partial charge in [0.1, 0.15) is 0 Å². The maximum atomic E-state index is 6.85. The van der Waals surface area contributed by atoms with E-state index in [0.717, 1.165) is 25.2 Å². The number of rotatable bonds is 2. The molecule has 4 N–H and O–H groups in total. The van der Waals surface area contributed by atoms with E-state index in [0.29, 0.717) is 5.92 Å². The third-order valence-electron chi connectivity index (χ3n) is 2.04. The van der Waals surface area contributed by atoms with Gasteiger partial charge in [-0.2, -0.15) is 0 Å². The van der Waals surface area contributed by atoms with Crippen LogP contribution in [0, 0.1) is 11.3 Å². The summed E-state index contributed by atoms with van der Waals surface area (Å²) in [6.45, 7) is 2.07. The van der Waals surface area contributed by atoms with Gasteiger partial charge in [-0.1, -0.05) is 0 Å². The number of hydrogen-bond acceptors (Lipinski definition) is 3. The van der Waals surface area contributed by atoms with E-state index in [1.807, 2.05) is 0 Å². The van der Waals surface area contributed by atoms with Crippen molar-refractivity contribution >= 4 is 6.21 Å². The molecule has 1 saturated heterocycles. The Labute approximate surface area is 67.2 Å². The molecule has 1 unspecified atom stereocenters. The minimum Gasteiger partial charge on any atom is -0.402 e. The summed E-state index contributed by atoms with van der Waals surface area (Å²) in [5, 5.41) is 10.1. The smallest absolute Gasteiger partial charge is 0.0194 e. The van der Waals surface area contributed by atoms with Crippen molar-refractivity contribution in [2.45, 2.75) is 12.8 Å². The van der Waals surface area contributed by atoms with Crippen molar-refractivity contribution in [3.63, 3.8) is 0 Å². The first-order chi connectivity index (χ1) is 5.34. The topological polar surface area (TPSA) is 61.9 Å². The van der Waals surface area contributed by atoms with Gasteiger partial charge in [0.2, 0.25) is 0 Å². The van der Waals surface area contributed by atoms with Gasteiger partial charge in [-0.3, -0.25) is 0 Å². The van der Waals surface area contributed by atoms with Crippen LogP contribution < -0.4 is 11.1 Å². The quantitative estimate of drug-likeness (QED) is 0.505. The predicted octanol–water partition coefficient (Wildman–Crippen LogP) is 0.478. The monoisotopic (exact) mass is 153 g/mol. The second-order valence-electron chi connectivity index (χ2n) is 2.88. The summed E-state index contributed by atoms with van der Waals surface area (Å²) < 4.78 is 0. The summed E-state index contributed by atoms with van der Waals surface area (Å²) >= 11 is 0. The molecule has 0 aromatic rings. The molecule has 3 heteroatoms. The molecule has 0 bridgehead atoms. The van der Waals surface area contributed by atoms with E-state index < -0.39 is 0 Å². The van der Waals surface area contributed by atoms with E-state index in [1.165, 1.54) is 12.6 Å². The fourth-order valence-electron chi connectivity index (χ4n) is 1.37. The van der Waals surface area contributed by atoms with Crippen molar-refractivity contribution in [1.29, 1.82) is 5.41 Å². The van der Waals surface area contributed by atoms with Crippen molar-refractivity contribution in [2.24, 2.45) is 11.7 Å². The molecule has 0 saturated carbocycles. The molecular formula is C8H15N3. The van der Waals surface area contributed by atoms with Gasteiger partial charge < -0.3 is 16.5 Å². The van der Waals surface area contributed by atoms with Crippen LogP contribution in [0.1, 0.15) is 12.8 Å². The summed E-state index contributed by atoms with van der Waals surface area (Å²) in [4.78, 5) is 0. The van der Waals surface area contributed by atoms with Crippen LogP contribution in [0.15, 0.2) is 11.8 Å². The standard InChI is InChI=1S/C8H15N3/c9-4-3-8(10)7-2-1-5-11-6-7/h3-4,7,9,11H,1-2,5-6,10H2/b8-3-,9-4?. The van der Waals surface area contributed by atoms with Gasteiger partial charge >= 0.3 is 0 Å². The molecule has 0 aliphatic carbocycles. The van der Waals surface area contributed by atoms with Gasteiger partial charge in [-0.05, 0) is 25.5 Å².